The zero-order valence-corrected chi connectivity index (χ0v) is 11.5. The molecular weight excluding hydrogens is 258 g/mol. The molecule has 1 aliphatic rings. The lowest BCUT2D eigenvalue weighted by molar-refractivity contribution is -0.139. The molecule has 1 amide bonds. The Morgan fingerprint density at radius 2 is 2.10 bits per heavy atom. The van der Waals surface area contributed by atoms with Crippen molar-refractivity contribution >= 4 is 17.6 Å². The smallest absolute Gasteiger partial charge is 0.309 e. The summed E-state index contributed by atoms with van der Waals surface area (Å²) in [5.41, 5.74) is -0.255. The summed E-state index contributed by atoms with van der Waals surface area (Å²) in [4.78, 5) is 24.7. The molecule has 1 aromatic carbocycles. The van der Waals surface area contributed by atoms with Crippen molar-refractivity contribution in [1.82, 2.24) is 0 Å². The highest BCUT2D eigenvalue weighted by Crippen LogP contribution is 2.41. The highest BCUT2D eigenvalue weighted by molar-refractivity contribution is 6.06. The number of rotatable bonds is 4. The predicted molar refractivity (Wildman–Crippen MR) is 74.1 cm³/mol. The second-order valence-corrected chi connectivity index (χ2v) is 4.70. The summed E-state index contributed by atoms with van der Waals surface area (Å²) in [6.45, 7) is 0. The van der Waals surface area contributed by atoms with Gasteiger partial charge in [0.2, 0.25) is 0 Å². The third-order valence-corrected chi connectivity index (χ3v) is 3.46. The first-order valence-corrected chi connectivity index (χ1v) is 6.32. The first-order valence-electron chi connectivity index (χ1n) is 6.32. The third kappa shape index (κ3) is 2.32. The van der Waals surface area contributed by atoms with Crippen LogP contribution in [0.4, 0.5) is 5.69 Å². The van der Waals surface area contributed by atoms with E-state index in [9.17, 15) is 14.7 Å². The average Bonchev–Trinajstić information content (AvgIpc) is 2.66. The van der Waals surface area contributed by atoms with Gasteiger partial charge in [0.05, 0.1) is 19.2 Å². The number of para-hydroxylation sites is 1. The van der Waals surface area contributed by atoms with Crippen LogP contribution in [0.1, 0.15) is 18.4 Å². The summed E-state index contributed by atoms with van der Waals surface area (Å²) in [6.07, 6.45) is 3.48. The maximum absolute atomic E-state index is 12.2. The van der Waals surface area contributed by atoms with Gasteiger partial charge in [0.1, 0.15) is 0 Å². The summed E-state index contributed by atoms with van der Waals surface area (Å²) in [6, 6.07) is 7.14. The maximum Gasteiger partial charge on any atom is 0.309 e. The average molecular weight is 275 g/mol. The van der Waals surface area contributed by atoms with Crippen molar-refractivity contribution in [3.8, 4) is 0 Å². The molecule has 1 atom stereocenters. The lowest BCUT2D eigenvalue weighted by atomic mass is 9.91. The van der Waals surface area contributed by atoms with Gasteiger partial charge in [-0.2, -0.15) is 0 Å². The van der Waals surface area contributed by atoms with E-state index in [1.807, 2.05) is 6.07 Å². The molecule has 0 saturated heterocycles. The molecule has 0 fully saturated rings. The molecule has 5 heteroatoms. The number of aliphatic hydroxyl groups is 1. The van der Waals surface area contributed by atoms with Gasteiger partial charge in [-0.1, -0.05) is 30.4 Å². The molecule has 0 bridgehead atoms. The van der Waals surface area contributed by atoms with E-state index in [1.165, 1.54) is 12.0 Å². The minimum absolute atomic E-state index is 0.123. The maximum atomic E-state index is 12.2. The van der Waals surface area contributed by atoms with Crippen molar-refractivity contribution in [2.75, 3.05) is 19.1 Å². The van der Waals surface area contributed by atoms with Crippen LogP contribution < -0.4 is 4.90 Å². The second kappa shape index (κ2) is 5.46. The largest absolute Gasteiger partial charge is 0.469 e. The van der Waals surface area contributed by atoms with Crippen LogP contribution in [0.25, 0.3) is 0 Å². The minimum Gasteiger partial charge on any atom is -0.469 e. The van der Waals surface area contributed by atoms with E-state index >= 15 is 0 Å². The van der Waals surface area contributed by atoms with Crippen LogP contribution in [0.5, 0.6) is 0 Å². The molecule has 20 heavy (non-hydrogen) atoms. The molecular formula is C15H17NO4. The van der Waals surface area contributed by atoms with Crippen LogP contribution in [-0.2, 0) is 19.9 Å². The number of hydrogen-bond acceptors (Lipinski definition) is 4. The van der Waals surface area contributed by atoms with Gasteiger partial charge in [-0.3, -0.25) is 9.59 Å². The number of methoxy groups -OCH3 is 1. The number of anilines is 1. The Labute approximate surface area is 117 Å². The Morgan fingerprint density at radius 1 is 1.40 bits per heavy atom. The number of fused-ring (bicyclic) bond motifs is 1. The fraction of sp³-hybridized carbons (Fsp3) is 0.333. The zero-order chi connectivity index (χ0) is 14.8. The van der Waals surface area contributed by atoms with Crippen LogP contribution in [0.3, 0.4) is 0 Å². The fourth-order valence-corrected chi connectivity index (χ4v) is 2.33. The highest BCUT2D eigenvalue weighted by atomic mass is 16.5. The van der Waals surface area contributed by atoms with Crippen LogP contribution >= 0.6 is 0 Å². The fourth-order valence-electron chi connectivity index (χ4n) is 2.33. The molecule has 2 rings (SSSR count). The molecule has 1 heterocycles. The lowest BCUT2D eigenvalue weighted by Crippen LogP contribution is -2.38. The Kier molecular flexibility index (Phi) is 3.90. The minimum atomic E-state index is -1.56. The topological polar surface area (TPSA) is 66.8 Å². The van der Waals surface area contributed by atoms with Gasteiger partial charge in [-0.25, -0.2) is 0 Å². The van der Waals surface area contributed by atoms with E-state index in [0.29, 0.717) is 11.3 Å². The Bertz CT molecular complexity index is 567. The van der Waals surface area contributed by atoms with E-state index in [0.717, 1.165) is 0 Å². The Morgan fingerprint density at radius 3 is 2.80 bits per heavy atom. The van der Waals surface area contributed by atoms with Crippen LogP contribution in [-0.4, -0.2) is 31.1 Å². The van der Waals surface area contributed by atoms with E-state index in [-0.39, 0.29) is 24.7 Å². The molecule has 0 saturated carbocycles. The van der Waals surface area contributed by atoms with Crippen LogP contribution in [0.15, 0.2) is 36.4 Å². The molecule has 106 valence electrons. The predicted octanol–water partition coefficient (Wildman–Crippen LogP) is 1.36. The highest BCUT2D eigenvalue weighted by Gasteiger charge is 2.47. The number of ether oxygens (including phenoxy) is 1. The lowest BCUT2D eigenvalue weighted by Gasteiger charge is -2.19. The monoisotopic (exact) mass is 275 g/mol. The van der Waals surface area contributed by atoms with Gasteiger partial charge in [0.25, 0.3) is 5.91 Å². The van der Waals surface area contributed by atoms with Gasteiger partial charge in [0.15, 0.2) is 5.60 Å². The summed E-state index contributed by atoms with van der Waals surface area (Å²) in [5, 5.41) is 10.6. The number of benzene rings is 1. The molecule has 5 nitrogen and oxygen atoms in total. The molecule has 1 aromatic rings. The van der Waals surface area contributed by atoms with Crippen molar-refractivity contribution in [2.45, 2.75) is 18.4 Å². The van der Waals surface area contributed by atoms with Crippen molar-refractivity contribution in [2.24, 2.45) is 0 Å². The van der Waals surface area contributed by atoms with Gasteiger partial charge in [0, 0.05) is 19.0 Å². The molecule has 1 aliphatic heterocycles. The van der Waals surface area contributed by atoms with Gasteiger partial charge in [-0.05, 0) is 6.07 Å². The SMILES string of the molecule is COC(=O)C/C=C/C[C@]1(O)C(=O)N(C)c2ccccc21. The number of esters is 1. The van der Waals surface area contributed by atoms with E-state index < -0.39 is 5.60 Å². The van der Waals surface area contributed by atoms with Gasteiger partial charge in [-0.15, -0.1) is 0 Å². The molecule has 0 spiro atoms. The summed E-state index contributed by atoms with van der Waals surface area (Å²) in [5.74, 6) is -0.718. The van der Waals surface area contributed by atoms with Crippen molar-refractivity contribution < 1.29 is 19.4 Å². The Balaban J connectivity index is 2.18. The number of carbonyl (C=O) groups is 2. The zero-order valence-electron chi connectivity index (χ0n) is 11.5. The first kappa shape index (κ1) is 14.3. The van der Waals surface area contributed by atoms with Gasteiger partial charge >= 0.3 is 5.97 Å². The molecule has 0 unspecified atom stereocenters. The quantitative estimate of drug-likeness (QED) is 0.665. The van der Waals surface area contributed by atoms with E-state index in [4.69, 9.17) is 0 Å². The number of amides is 1. The first-order chi connectivity index (χ1) is 9.50. The molecule has 0 radical (unpaired) electrons. The van der Waals surface area contributed by atoms with Gasteiger partial charge < -0.3 is 14.7 Å². The molecule has 0 aromatic heterocycles. The normalized spacial score (nSPS) is 21.4. The number of likely N-dealkylation sites (N-methyl/N-ethyl adjacent to an activating group) is 1. The van der Waals surface area contributed by atoms with Crippen molar-refractivity contribution in [3.05, 3.63) is 42.0 Å². The van der Waals surface area contributed by atoms with Crippen LogP contribution in [0.2, 0.25) is 0 Å². The second-order valence-electron chi connectivity index (χ2n) is 4.70. The number of nitrogens with zero attached hydrogens (tertiary/aromatic N) is 1. The van der Waals surface area contributed by atoms with Crippen molar-refractivity contribution in [1.29, 1.82) is 0 Å². The summed E-state index contributed by atoms with van der Waals surface area (Å²) < 4.78 is 4.51. The van der Waals surface area contributed by atoms with E-state index in [2.05, 4.69) is 4.74 Å². The molecule has 0 aliphatic carbocycles. The van der Waals surface area contributed by atoms with Crippen LogP contribution in [0, 0.1) is 0 Å². The van der Waals surface area contributed by atoms with Crippen molar-refractivity contribution in [3.63, 3.8) is 0 Å². The standard InChI is InChI=1S/C15H17NO4/c1-16-12-8-4-3-7-11(12)15(19,14(16)18)10-6-5-9-13(17)20-2/h3-8,19H,9-10H2,1-2H3/b6-5+/t15-/m1/s1. The molecule has 1 N–H and O–H groups in total. The van der Waals surface area contributed by atoms with E-state index in [1.54, 1.807) is 37.4 Å². The summed E-state index contributed by atoms with van der Waals surface area (Å²) >= 11 is 0. The summed E-state index contributed by atoms with van der Waals surface area (Å²) in [7, 11) is 2.95. The third-order valence-electron chi connectivity index (χ3n) is 3.46. The number of hydrogen-bond donors (Lipinski definition) is 1. The number of carbonyl (C=O) groups excluding carboxylic acids is 2. The Hall–Kier alpha value is -2.14.